The van der Waals surface area contributed by atoms with Crippen LogP contribution in [0.25, 0.3) is 44.5 Å². The first-order valence-corrected chi connectivity index (χ1v) is 35.9. The van der Waals surface area contributed by atoms with Crippen LogP contribution in [0.2, 0.25) is 0 Å². The number of hydrogen-bond donors (Lipinski definition) is 0. The number of rotatable bonds is 10. The van der Waals surface area contributed by atoms with E-state index in [-0.39, 0.29) is 13.4 Å². The molecule has 20 rings (SSSR count). The zero-order valence-corrected chi connectivity index (χ0v) is 53.8. The van der Waals surface area contributed by atoms with Crippen LogP contribution in [0.4, 0.5) is 17.1 Å². The van der Waals surface area contributed by atoms with Crippen LogP contribution < -0.4 is 58.4 Å². The summed E-state index contributed by atoms with van der Waals surface area (Å²) in [5.74, 6) is 0. The average molecular weight is 1230 g/mol. The van der Waals surface area contributed by atoms with Gasteiger partial charge in [-0.25, -0.2) is 0 Å². The molecule has 15 aromatic carbocycles. The summed E-state index contributed by atoms with van der Waals surface area (Å²) in [6, 6.07) is 143. The molecule has 96 heavy (non-hydrogen) atoms. The van der Waals surface area contributed by atoms with E-state index < -0.39 is 18.9 Å². The van der Waals surface area contributed by atoms with Gasteiger partial charge in [-0.15, -0.1) is 0 Å². The summed E-state index contributed by atoms with van der Waals surface area (Å²) in [6.45, 7) is -0.167. The molecule has 0 saturated heterocycles. The molecule has 0 bridgehead atoms. The number of fused-ring (bicyclic) bond motifs is 6. The Morgan fingerprint density at radius 2 is 0.552 bits per heavy atom. The third kappa shape index (κ3) is 7.48. The predicted molar refractivity (Wildman–Crippen MR) is 406 cm³/mol. The van der Waals surface area contributed by atoms with Crippen molar-refractivity contribution in [1.82, 2.24) is 0 Å². The van der Waals surface area contributed by atoms with E-state index in [4.69, 9.17) is 0 Å². The van der Waals surface area contributed by atoms with Crippen molar-refractivity contribution in [3.8, 4) is 44.5 Å². The molecule has 0 aromatic heterocycles. The number of nitrogens with zero attached hydrogens (tertiary/aromatic N) is 1. The highest BCUT2D eigenvalue weighted by atomic mass is 28.3. The van der Waals surface area contributed by atoms with Gasteiger partial charge in [-0.3, -0.25) is 0 Å². The van der Waals surface area contributed by atoms with Crippen LogP contribution in [-0.4, -0.2) is 21.5 Å². The fourth-order valence-electron chi connectivity index (χ4n) is 18.7. The van der Waals surface area contributed by atoms with Crippen LogP contribution in [0.5, 0.6) is 0 Å². The molecule has 0 amide bonds. The number of benzene rings is 15. The van der Waals surface area contributed by atoms with Gasteiger partial charge in [0, 0.05) is 17.1 Å². The Labute approximate surface area is 563 Å². The molecule has 0 saturated carbocycles. The van der Waals surface area contributed by atoms with Crippen LogP contribution in [0, 0.1) is 0 Å². The van der Waals surface area contributed by atoms with E-state index in [0.29, 0.717) is 0 Å². The van der Waals surface area contributed by atoms with Crippen molar-refractivity contribution in [3.05, 3.63) is 415 Å². The smallest absolute Gasteiger partial charge is 0.246 e. The molecule has 3 aliphatic heterocycles. The van der Waals surface area contributed by atoms with Gasteiger partial charge in [-0.05, 0) is 144 Å². The third-order valence-electron chi connectivity index (χ3n) is 22.4. The molecule has 0 unspecified atom stereocenters. The predicted octanol–water partition coefficient (Wildman–Crippen LogP) is 14.6. The van der Waals surface area contributed by atoms with E-state index in [1.807, 2.05) is 0 Å². The number of para-hydroxylation sites is 1. The van der Waals surface area contributed by atoms with Crippen molar-refractivity contribution in [2.24, 2.45) is 0 Å². The minimum Gasteiger partial charge on any atom is -0.313 e. The maximum atomic E-state index is 2.80. The van der Waals surface area contributed by atoms with Gasteiger partial charge >= 0.3 is 0 Å². The Morgan fingerprint density at radius 3 is 0.927 bits per heavy atom. The Bertz CT molecular complexity index is 5170. The van der Waals surface area contributed by atoms with E-state index in [9.17, 15) is 0 Å². The lowest BCUT2D eigenvalue weighted by molar-refractivity contribution is 0.769. The summed E-state index contributed by atoms with van der Waals surface area (Å²) < 4.78 is 0. The van der Waals surface area contributed by atoms with Crippen molar-refractivity contribution < 1.29 is 0 Å². The number of anilines is 3. The van der Waals surface area contributed by atoms with E-state index in [2.05, 4.69) is 375 Å². The first-order valence-electron chi connectivity index (χ1n) is 33.9. The summed E-state index contributed by atoms with van der Waals surface area (Å²) in [6.07, 6.45) is 0. The van der Waals surface area contributed by atoms with Crippen molar-refractivity contribution >= 4 is 92.1 Å². The lowest BCUT2D eigenvalue weighted by Gasteiger charge is -2.53. The van der Waals surface area contributed by atoms with Gasteiger partial charge in [0.05, 0.1) is 10.8 Å². The molecule has 444 valence electrons. The first-order chi connectivity index (χ1) is 47.6. The maximum absolute atomic E-state index is 3.50. The largest absolute Gasteiger partial charge is 0.313 e. The highest BCUT2D eigenvalue weighted by Crippen LogP contribution is 2.59. The second-order valence-electron chi connectivity index (χ2n) is 26.8. The molecule has 5 aliphatic rings. The molecule has 0 N–H and O–H groups in total. The number of hydrogen-bond acceptors (Lipinski definition) is 1. The summed E-state index contributed by atoms with van der Waals surface area (Å²) in [7, 11) is -3.50. The van der Waals surface area contributed by atoms with Crippen LogP contribution in [0.1, 0.15) is 44.5 Å². The Morgan fingerprint density at radius 1 is 0.229 bits per heavy atom. The highest BCUT2D eigenvalue weighted by molar-refractivity contribution is 7.22. The standard InChI is InChI=1S/C92H61B2NSi/c1-9-30-66(31-10-1)91(67-32-11-2-12-33-67)78-48-27-25-46-74(78)76-54-52-62(56-80(76)91)64-58-84-89-86(60-64)96(72-42-21-7-22-43-72,73-44-23-8-24-45-73)87-61-65(63-53-55-77-75-47-26-28-49-79(75)92(81(77)57-63,68-34-13-3-14-35-68)69-36-15-4-16-37-69)59-85-90(87)95(89)88-82(93(84)70-38-17-5-18-39-70)50-29-51-83(88)94(85)71-40-19-6-20-41-71/h1-61H. The van der Waals surface area contributed by atoms with Gasteiger partial charge in [-0.1, -0.05) is 369 Å². The van der Waals surface area contributed by atoms with Crippen LogP contribution >= 0.6 is 0 Å². The quantitative estimate of drug-likeness (QED) is 0.123. The van der Waals surface area contributed by atoms with Crippen molar-refractivity contribution in [3.63, 3.8) is 0 Å². The summed E-state index contributed by atoms with van der Waals surface area (Å²) in [4.78, 5) is 2.80. The maximum Gasteiger partial charge on any atom is 0.246 e. The molecule has 0 radical (unpaired) electrons. The van der Waals surface area contributed by atoms with Crippen molar-refractivity contribution in [2.75, 3.05) is 4.90 Å². The average Bonchev–Trinajstić information content (AvgIpc) is 0.877. The second kappa shape index (κ2) is 21.2. The molecular weight excluding hydrogens is 1170 g/mol. The van der Waals surface area contributed by atoms with Gasteiger partial charge in [0.2, 0.25) is 13.4 Å². The normalized spacial score (nSPS) is 14.6. The molecule has 4 heteroatoms. The molecule has 1 nitrogen and oxygen atoms in total. The topological polar surface area (TPSA) is 3.24 Å². The fraction of sp³-hybridized carbons (Fsp3) is 0.0217. The molecule has 2 aliphatic carbocycles. The highest BCUT2D eigenvalue weighted by Gasteiger charge is 2.57. The van der Waals surface area contributed by atoms with Gasteiger partial charge in [0.1, 0.15) is 0 Å². The van der Waals surface area contributed by atoms with E-state index in [1.54, 1.807) is 0 Å². The van der Waals surface area contributed by atoms with Gasteiger partial charge < -0.3 is 4.90 Å². The molecule has 0 spiro atoms. The summed E-state index contributed by atoms with van der Waals surface area (Å²) >= 11 is 0. The van der Waals surface area contributed by atoms with Crippen molar-refractivity contribution in [2.45, 2.75) is 10.8 Å². The monoisotopic (exact) mass is 1230 g/mol. The Hall–Kier alpha value is -11.6. The molecule has 3 heterocycles. The molecular formula is C92H61B2NSi. The minimum absolute atomic E-state index is 0.0837. The first kappa shape index (κ1) is 55.0. The van der Waals surface area contributed by atoms with E-state index in [1.165, 1.54) is 160 Å². The lowest BCUT2D eigenvalue weighted by Crippen LogP contribution is -2.81. The minimum atomic E-state index is -3.50. The molecule has 15 aromatic rings. The van der Waals surface area contributed by atoms with Crippen molar-refractivity contribution in [1.29, 1.82) is 0 Å². The second-order valence-corrected chi connectivity index (χ2v) is 30.5. The van der Waals surface area contributed by atoms with Crippen LogP contribution in [0.15, 0.2) is 370 Å². The van der Waals surface area contributed by atoms with Gasteiger partial charge in [0.15, 0.2) is 8.07 Å². The lowest BCUT2D eigenvalue weighted by atomic mass is 9.30. The summed E-state index contributed by atoms with van der Waals surface area (Å²) in [5, 5.41) is 5.53. The van der Waals surface area contributed by atoms with E-state index in [0.717, 1.165) is 0 Å². The van der Waals surface area contributed by atoms with E-state index >= 15 is 0 Å². The van der Waals surface area contributed by atoms with Gasteiger partial charge in [-0.2, -0.15) is 0 Å². The zero-order chi connectivity index (χ0) is 63.1. The van der Waals surface area contributed by atoms with Gasteiger partial charge in [0.25, 0.3) is 0 Å². The summed E-state index contributed by atoms with van der Waals surface area (Å²) in [5.41, 5.74) is 31.0. The Kier molecular flexibility index (Phi) is 12.2. The molecule has 0 atom stereocenters. The fourth-order valence-corrected chi connectivity index (χ4v) is 23.9. The Balaban J connectivity index is 0.924. The zero-order valence-electron chi connectivity index (χ0n) is 52.8. The SMILES string of the molecule is c1ccc(B2c3cccc4c3N3c5c2cc(-c2ccc6c(c2)C(c2ccccc2)(c2ccccc2)c2ccccc2-6)cc5[Si](c2ccccc2)(c2ccccc2)c2cc(-c5ccc6c(c5)C(c5ccccc5)(c5ccccc5)c5ccccc5-6)cc(c23)B4c2ccccc2)cc1. The van der Waals surface area contributed by atoms with Crippen LogP contribution in [-0.2, 0) is 10.8 Å². The molecule has 0 fully saturated rings. The van der Waals surface area contributed by atoms with Crippen LogP contribution in [0.3, 0.4) is 0 Å². The third-order valence-corrected chi connectivity index (χ3v) is 27.1.